The molecule has 0 spiro atoms. The minimum absolute atomic E-state index is 0.273. The average molecular weight is 358 g/mol. The Bertz CT molecular complexity index is 651. The number of aliphatic imine (C=N–C) groups is 1. The molecule has 2 aromatic rings. The first-order valence-corrected chi connectivity index (χ1v) is 9.14. The fourth-order valence-electron chi connectivity index (χ4n) is 2.67. The first-order chi connectivity index (χ1) is 12.6. The average Bonchev–Trinajstić information content (AvgIpc) is 3.18. The fourth-order valence-corrected chi connectivity index (χ4v) is 2.67. The molecule has 7 nitrogen and oxygen atoms in total. The van der Waals surface area contributed by atoms with Crippen LogP contribution in [0.5, 0.6) is 0 Å². The number of hydrogen-bond donors (Lipinski definition) is 2. The van der Waals surface area contributed by atoms with Crippen molar-refractivity contribution in [2.75, 3.05) is 20.2 Å². The lowest BCUT2D eigenvalue weighted by Gasteiger charge is -2.21. The maximum absolute atomic E-state index is 5.78. The largest absolute Gasteiger partial charge is 0.378 e. The Balaban J connectivity index is 1.78. The normalized spacial score (nSPS) is 13.0. The van der Waals surface area contributed by atoms with E-state index in [9.17, 15) is 0 Å². The molecular weight excluding hydrogens is 328 g/mol. The van der Waals surface area contributed by atoms with E-state index in [1.54, 1.807) is 18.1 Å². The molecule has 0 radical (unpaired) electrons. The highest BCUT2D eigenvalue weighted by Crippen LogP contribution is 2.10. The lowest BCUT2D eigenvalue weighted by Crippen LogP contribution is -2.38. The second-order valence-corrected chi connectivity index (χ2v) is 6.39. The van der Waals surface area contributed by atoms with Gasteiger partial charge in [-0.1, -0.05) is 26.0 Å². The van der Waals surface area contributed by atoms with Gasteiger partial charge in [-0.2, -0.15) is 5.10 Å². The van der Waals surface area contributed by atoms with Gasteiger partial charge in [0, 0.05) is 26.7 Å². The lowest BCUT2D eigenvalue weighted by molar-refractivity contribution is 0.0258. The Hall–Kier alpha value is -2.41. The summed E-state index contributed by atoms with van der Waals surface area (Å²) in [5.41, 5.74) is 2.16. The van der Waals surface area contributed by atoms with Crippen LogP contribution < -0.4 is 10.6 Å². The second kappa shape index (κ2) is 10.6. The lowest BCUT2D eigenvalue weighted by atomic mass is 10.0. The monoisotopic (exact) mass is 358 g/mol. The third-order valence-corrected chi connectivity index (χ3v) is 4.15. The van der Waals surface area contributed by atoms with Crippen molar-refractivity contribution in [3.05, 3.63) is 42.5 Å². The van der Waals surface area contributed by atoms with Crippen molar-refractivity contribution in [3.63, 3.8) is 0 Å². The molecule has 0 saturated heterocycles. The number of hydrogen-bond acceptors (Lipinski definition) is 4. The van der Waals surface area contributed by atoms with Gasteiger partial charge in [-0.15, -0.1) is 0 Å². The van der Waals surface area contributed by atoms with Gasteiger partial charge >= 0.3 is 0 Å². The van der Waals surface area contributed by atoms with Crippen LogP contribution in [-0.2, 0) is 11.3 Å². The molecule has 1 aromatic heterocycles. The number of nitrogens with one attached hydrogen (secondary N) is 2. The van der Waals surface area contributed by atoms with E-state index in [0.29, 0.717) is 12.5 Å². The van der Waals surface area contributed by atoms with Gasteiger partial charge in [0.15, 0.2) is 5.96 Å². The molecule has 0 fully saturated rings. The number of ether oxygens (including phenoxy) is 1. The summed E-state index contributed by atoms with van der Waals surface area (Å²) < 4.78 is 7.52. The van der Waals surface area contributed by atoms with Gasteiger partial charge in [-0.25, -0.2) is 9.67 Å². The second-order valence-electron chi connectivity index (χ2n) is 6.39. The van der Waals surface area contributed by atoms with Crippen LogP contribution in [-0.4, -0.2) is 47.0 Å². The maximum Gasteiger partial charge on any atom is 0.191 e. The van der Waals surface area contributed by atoms with Crippen LogP contribution in [0, 0.1) is 5.92 Å². The van der Waals surface area contributed by atoms with Crippen LogP contribution in [0.3, 0.4) is 0 Å². The van der Waals surface area contributed by atoms with Crippen molar-refractivity contribution in [2.45, 2.75) is 39.8 Å². The number of aromatic nitrogens is 3. The van der Waals surface area contributed by atoms with Crippen molar-refractivity contribution in [2.24, 2.45) is 10.9 Å². The predicted molar refractivity (Wildman–Crippen MR) is 104 cm³/mol. The Morgan fingerprint density at radius 1 is 1.23 bits per heavy atom. The molecule has 0 saturated carbocycles. The Morgan fingerprint density at radius 3 is 2.58 bits per heavy atom. The third kappa shape index (κ3) is 6.15. The number of rotatable bonds is 9. The minimum atomic E-state index is 0.273. The Morgan fingerprint density at radius 2 is 2.00 bits per heavy atom. The van der Waals surface area contributed by atoms with E-state index in [1.807, 2.05) is 19.1 Å². The van der Waals surface area contributed by atoms with E-state index in [0.717, 1.165) is 31.2 Å². The standard InChI is InChI=1S/C19H30N6O/c1-5-26-18(15(2)3)10-11-22-19(20-4)23-12-16-6-8-17(9-7-16)25-14-21-13-24-25/h6-9,13-15,18H,5,10-12H2,1-4H3,(H2,20,22,23). The molecule has 0 aliphatic rings. The molecule has 142 valence electrons. The summed E-state index contributed by atoms with van der Waals surface area (Å²) in [5.74, 6) is 1.31. The van der Waals surface area contributed by atoms with Gasteiger partial charge in [-0.05, 0) is 37.0 Å². The summed E-state index contributed by atoms with van der Waals surface area (Å²) in [6.07, 6.45) is 4.44. The molecule has 0 aliphatic carbocycles. The van der Waals surface area contributed by atoms with Crippen molar-refractivity contribution >= 4 is 5.96 Å². The quantitative estimate of drug-likeness (QED) is 0.532. The van der Waals surface area contributed by atoms with E-state index in [1.165, 1.54) is 11.9 Å². The number of benzene rings is 1. The zero-order chi connectivity index (χ0) is 18.8. The third-order valence-electron chi connectivity index (χ3n) is 4.15. The van der Waals surface area contributed by atoms with Crippen LogP contribution in [0.4, 0.5) is 0 Å². The molecule has 1 aromatic carbocycles. The first-order valence-electron chi connectivity index (χ1n) is 9.14. The summed E-state index contributed by atoms with van der Waals surface area (Å²) in [5, 5.41) is 10.8. The van der Waals surface area contributed by atoms with Gasteiger partial charge in [0.1, 0.15) is 12.7 Å². The first kappa shape index (κ1) is 19.9. The highest BCUT2D eigenvalue weighted by atomic mass is 16.5. The van der Waals surface area contributed by atoms with Gasteiger partial charge in [0.2, 0.25) is 0 Å². The summed E-state index contributed by atoms with van der Waals surface area (Å²) in [7, 11) is 1.78. The van der Waals surface area contributed by atoms with Gasteiger partial charge in [0.05, 0.1) is 11.8 Å². The Labute approximate surface area is 155 Å². The van der Waals surface area contributed by atoms with Gasteiger partial charge < -0.3 is 15.4 Å². The smallest absolute Gasteiger partial charge is 0.191 e. The predicted octanol–water partition coefficient (Wildman–Crippen LogP) is 2.38. The molecule has 1 atom stereocenters. The van der Waals surface area contributed by atoms with Crippen LogP contribution in [0.2, 0.25) is 0 Å². The molecule has 0 amide bonds. The molecule has 0 aliphatic heterocycles. The van der Waals surface area contributed by atoms with E-state index < -0.39 is 0 Å². The van der Waals surface area contributed by atoms with Gasteiger partial charge in [-0.3, -0.25) is 4.99 Å². The fraction of sp³-hybridized carbons (Fsp3) is 0.526. The molecule has 26 heavy (non-hydrogen) atoms. The van der Waals surface area contributed by atoms with E-state index in [2.05, 4.69) is 51.7 Å². The van der Waals surface area contributed by atoms with Crippen LogP contribution in [0.15, 0.2) is 41.9 Å². The highest BCUT2D eigenvalue weighted by Gasteiger charge is 2.12. The molecule has 1 unspecified atom stereocenters. The summed E-state index contributed by atoms with van der Waals surface area (Å²) in [6, 6.07) is 8.19. The summed E-state index contributed by atoms with van der Waals surface area (Å²) in [6.45, 7) is 8.70. The molecule has 1 heterocycles. The van der Waals surface area contributed by atoms with Crippen LogP contribution in [0.1, 0.15) is 32.8 Å². The van der Waals surface area contributed by atoms with Crippen LogP contribution >= 0.6 is 0 Å². The Kier molecular flexibility index (Phi) is 8.08. The summed E-state index contributed by atoms with van der Waals surface area (Å²) >= 11 is 0. The molecule has 0 bridgehead atoms. The topological polar surface area (TPSA) is 76.4 Å². The number of guanidine groups is 1. The summed E-state index contributed by atoms with van der Waals surface area (Å²) in [4.78, 5) is 8.24. The minimum Gasteiger partial charge on any atom is -0.378 e. The van der Waals surface area contributed by atoms with Crippen molar-refractivity contribution in [3.8, 4) is 5.69 Å². The molecule has 2 N–H and O–H groups in total. The molecule has 2 rings (SSSR count). The van der Waals surface area contributed by atoms with Gasteiger partial charge in [0.25, 0.3) is 0 Å². The van der Waals surface area contributed by atoms with Crippen molar-refractivity contribution in [1.82, 2.24) is 25.4 Å². The zero-order valence-corrected chi connectivity index (χ0v) is 16.1. The molecule has 7 heteroatoms. The van der Waals surface area contributed by atoms with Crippen molar-refractivity contribution < 1.29 is 4.74 Å². The molecular formula is C19H30N6O. The maximum atomic E-state index is 5.78. The zero-order valence-electron chi connectivity index (χ0n) is 16.1. The number of nitrogens with zero attached hydrogens (tertiary/aromatic N) is 4. The van der Waals surface area contributed by atoms with Crippen molar-refractivity contribution in [1.29, 1.82) is 0 Å². The van der Waals surface area contributed by atoms with E-state index >= 15 is 0 Å². The van der Waals surface area contributed by atoms with Crippen LogP contribution in [0.25, 0.3) is 5.69 Å². The highest BCUT2D eigenvalue weighted by molar-refractivity contribution is 5.79. The van der Waals surface area contributed by atoms with E-state index in [4.69, 9.17) is 4.74 Å². The van der Waals surface area contributed by atoms with E-state index in [-0.39, 0.29) is 6.10 Å². The SMILES string of the molecule is CCOC(CCNC(=NC)NCc1ccc(-n2cncn2)cc1)C(C)C.